The van der Waals surface area contributed by atoms with Gasteiger partial charge in [0.25, 0.3) is 0 Å². The van der Waals surface area contributed by atoms with Crippen molar-refractivity contribution in [2.45, 2.75) is 78.4 Å². The Hall–Kier alpha value is -2.33. The molecule has 162 valence electrons. The maximum atomic E-state index is 4.21. The summed E-state index contributed by atoms with van der Waals surface area (Å²) in [7, 11) is 0. The van der Waals surface area contributed by atoms with E-state index in [1.54, 1.807) is 0 Å². The Bertz CT molecular complexity index is 800. The van der Waals surface area contributed by atoms with Gasteiger partial charge in [-0.1, -0.05) is 69.9 Å². The van der Waals surface area contributed by atoms with Crippen LogP contribution in [0.15, 0.2) is 60.6 Å². The van der Waals surface area contributed by atoms with E-state index in [0.29, 0.717) is 12.1 Å². The second-order valence-electron chi connectivity index (χ2n) is 8.16. The lowest BCUT2D eigenvalue weighted by Crippen LogP contribution is -2.58. The number of rotatable bonds is 6. The molecule has 2 aliphatic rings. The normalized spacial score (nSPS) is 22.8. The van der Waals surface area contributed by atoms with Gasteiger partial charge in [0.15, 0.2) is 0 Å². The van der Waals surface area contributed by atoms with Crippen LogP contribution in [-0.4, -0.2) is 28.6 Å². The molecule has 3 unspecified atom stereocenters. The zero-order chi connectivity index (χ0) is 21.5. The van der Waals surface area contributed by atoms with Gasteiger partial charge >= 0.3 is 0 Å². The van der Waals surface area contributed by atoms with Crippen LogP contribution in [0.3, 0.4) is 0 Å². The summed E-state index contributed by atoms with van der Waals surface area (Å²) in [6, 6.07) is 14.3. The highest BCUT2D eigenvalue weighted by molar-refractivity contribution is 5.50. The third-order valence-corrected chi connectivity index (χ3v) is 6.13. The first kappa shape index (κ1) is 22.4. The third kappa shape index (κ3) is 4.86. The third-order valence-electron chi connectivity index (χ3n) is 6.13. The van der Waals surface area contributed by atoms with Crippen molar-refractivity contribution in [3.05, 3.63) is 71.7 Å². The van der Waals surface area contributed by atoms with Gasteiger partial charge in [0.1, 0.15) is 0 Å². The summed E-state index contributed by atoms with van der Waals surface area (Å²) >= 11 is 0. The van der Waals surface area contributed by atoms with Crippen molar-refractivity contribution in [2.75, 3.05) is 11.4 Å². The lowest BCUT2D eigenvalue weighted by atomic mass is 9.99. The molecular formula is C26H38N4. The molecule has 1 saturated heterocycles. The van der Waals surface area contributed by atoms with E-state index in [1.165, 1.54) is 48.2 Å². The number of fused-ring (bicyclic) bond motifs is 1. The first-order valence-electron chi connectivity index (χ1n) is 11.7. The van der Waals surface area contributed by atoms with E-state index in [0.717, 1.165) is 6.54 Å². The molecule has 30 heavy (non-hydrogen) atoms. The van der Waals surface area contributed by atoms with E-state index in [1.807, 2.05) is 26.2 Å². The lowest BCUT2D eigenvalue weighted by molar-refractivity contribution is 0.141. The molecule has 0 bridgehead atoms. The molecule has 0 saturated carbocycles. The maximum Gasteiger partial charge on any atom is 0.0714 e. The average molecular weight is 407 g/mol. The number of hydrogen-bond acceptors (Lipinski definition) is 4. The Labute approximate surface area is 183 Å². The number of unbranched alkanes of at least 4 members (excludes halogenated alkanes) is 2. The molecule has 0 aliphatic carbocycles. The van der Waals surface area contributed by atoms with Crippen LogP contribution in [0.2, 0.25) is 0 Å². The number of anilines is 1. The summed E-state index contributed by atoms with van der Waals surface area (Å²) in [5, 5.41) is 2.47. The van der Waals surface area contributed by atoms with E-state index in [4.69, 9.17) is 0 Å². The second kappa shape index (κ2) is 10.6. The van der Waals surface area contributed by atoms with E-state index in [2.05, 4.69) is 83.6 Å². The topological polar surface area (TPSA) is 31.4 Å². The van der Waals surface area contributed by atoms with Crippen LogP contribution in [0.25, 0.3) is 0 Å². The van der Waals surface area contributed by atoms with Gasteiger partial charge < -0.3 is 9.91 Å². The minimum absolute atomic E-state index is 0.254. The fraction of sp³-hybridized carbons (Fsp3) is 0.500. The number of pyridine rings is 1. The summed E-state index contributed by atoms with van der Waals surface area (Å²) in [6.07, 6.45) is 11.3. The van der Waals surface area contributed by atoms with E-state index in [9.17, 15) is 0 Å². The molecule has 2 aliphatic heterocycles. The first-order valence-corrected chi connectivity index (χ1v) is 11.7. The van der Waals surface area contributed by atoms with Gasteiger partial charge in [-0.25, -0.2) is 5.43 Å². The van der Waals surface area contributed by atoms with Gasteiger partial charge in [-0.2, -0.15) is 0 Å². The maximum absolute atomic E-state index is 4.21. The van der Waals surface area contributed by atoms with Crippen molar-refractivity contribution >= 4 is 5.69 Å². The van der Waals surface area contributed by atoms with E-state index < -0.39 is 0 Å². The zero-order valence-electron chi connectivity index (χ0n) is 19.3. The quantitative estimate of drug-likeness (QED) is 0.595. The summed E-state index contributed by atoms with van der Waals surface area (Å²) in [5.41, 5.74) is 9.12. The molecule has 0 amide bonds. The number of hydrazine groups is 1. The number of benzene rings is 1. The van der Waals surface area contributed by atoms with Gasteiger partial charge in [0.05, 0.1) is 18.1 Å². The predicted octanol–water partition coefficient (Wildman–Crippen LogP) is 6.02. The van der Waals surface area contributed by atoms with Gasteiger partial charge in [0.2, 0.25) is 0 Å². The largest absolute Gasteiger partial charge is 0.361 e. The van der Waals surface area contributed by atoms with Gasteiger partial charge in [0, 0.05) is 30.3 Å². The van der Waals surface area contributed by atoms with Crippen LogP contribution < -0.4 is 10.3 Å². The highest BCUT2D eigenvalue weighted by Gasteiger charge is 2.39. The molecule has 4 nitrogen and oxygen atoms in total. The van der Waals surface area contributed by atoms with Crippen molar-refractivity contribution in [3.63, 3.8) is 0 Å². The van der Waals surface area contributed by atoms with Crippen LogP contribution in [0.4, 0.5) is 5.69 Å². The van der Waals surface area contributed by atoms with Crippen LogP contribution in [-0.2, 0) is 0 Å². The van der Waals surface area contributed by atoms with Crippen LogP contribution >= 0.6 is 0 Å². The molecule has 1 fully saturated rings. The van der Waals surface area contributed by atoms with E-state index in [-0.39, 0.29) is 6.04 Å². The number of aromatic nitrogens is 1. The smallest absolute Gasteiger partial charge is 0.0714 e. The van der Waals surface area contributed by atoms with Gasteiger partial charge in [-0.3, -0.25) is 4.98 Å². The van der Waals surface area contributed by atoms with Crippen molar-refractivity contribution in [1.29, 1.82) is 0 Å². The van der Waals surface area contributed by atoms with Crippen LogP contribution in [0.1, 0.15) is 70.5 Å². The summed E-state index contributed by atoms with van der Waals surface area (Å²) in [4.78, 5) is 6.75. The van der Waals surface area contributed by atoms with Crippen molar-refractivity contribution in [3.8, 4) is 0 Å². The van der Waals surface area contributed by atoms with Crippen LogP contribution in [0, 0.1) is 6.92 Å². The van der Waals surface area contributed by atoms with Crippen molar-refractivity contribution < 1.29 is 0 Å². The van der Waals surface area contributed by atoms with Gasteiger partial charge in [-0.15, -0.1) is 0 Å². The number of hydrogen-bond donors (Lipinski definition) is 1. The standard InChI is InChI=1S/C24H32N4.C2H6/c1-4-5-6-7-22-17-27(21-12-14-25-15-13-21)19(3)24-16-23(26-28(22)24)20-10-8-18(2)9-11-20;1-2/h8-16,19,22-23,26H,4-7,17H2,1-3H3;1-2H3. The molecule has 0 spiro atoms. The second-order valence-corrected chi connectivity index (χ2v) is 8.16. The van der Waals surface area contributed by atoms with Crippen LogP contribution in [0.5, 0.6) is 0 Å². The Balaban J connectivity index is 0.00000124. The Kier molecular flexibility index (Phi) is 7.92. The summed E-state index contributed by atoms with van der Waals surface area (Å²) in [5.74, 6) is 0. The molecule has 3 atom stereocenters. The zero-order valence-corrected chi connectivity index (χ0v) is 19.3. The number of aryl methyl sites for hydroxylation is 1. The Morgan fingerprint density at radius 3 is 2.40 bits per heavy atom. The molecule has 1 N–H and O–H groups in total. The molecule has 2 aromatic rings. The number of nitrogens with one attached hydrogen (secondary N) is 1. The molecule has 3 heterocycles. The monoisotopic (exact) mass is 406 g/mol. The molecule has 1 aromatic heterocycles. The molecule has 4 heteroatoms. The summed E-state index contributed by atoms with van der Waals surface area (Å²) < 4.78 is 0. The molecule has 1 aromatic carbocycles. The predicted molar refractivity (Wildman–Crippen MR) is 127 cm³/mol. The first-order chi connectivity index (χ1) is 14.7. The number of piperazine rings is 1. The highest BCUT2D eigenvalue weighted by Crippen LogP contribution is 2.36. The fourth-order valence-electron chi connectivity index (χ4n) is 4.46. The fourth-order valence-corrected chi connectivity index (χ4v) is 4.46. The summed E-state index contributed by atoms with van der Waals surface area (Å²) in [6.45, 7) is 11.8. The SMILES string of the molecule is CC.CCCCCC1CN(c2ccncc2)C(C)C2=CC(c3ccc(C)cc3)NN21. The molecular weight excluding hydrogens is 368 g/mol. The van der Waals surface area contributed by atoms with Gasteiger partial charge in [-0.05, 0) is 44.0 Å². The van der Waals surface area contributed by atoms with Crippen molar-refractivity contribution in [1.82, 2.24) is 15.4 Å². The van der Waals surface area contributed by atoms with E-state index >= 15 is 0 Å². The lowest BCUT2D eigenvalue weighted by Gasteiger charge is -2.47. The molecule has 4 rings (SSSR count). The van der Waals surface area contributed by atoms with Crippen molar-refractivity contribution in [2.24, 2.45) is 0 Å². The Morgan fingerprint density at radius 1 is 1.03 bits per heavy atom. The number of nitrogens with zero attached hydrogens (tertiary/aromatic N) is 3. The highest BCUT2D eigenvalue weighted by atomic mass is 15.6. The minimum Gasteiger partial charge on any atom is -0.361 e. The molecule has 0 radical (unpaired) electrons. The average Bonchev–Trinajstić information content (AvgIpc) is 3.24. The Morgan fingerprint density at radius 2 is 1.73 bits per heavy atom. The minimum atomic E-state index is 0.254.